The number of alkyl halides is 3. The molecule has 19 heavy (non-hydrogen) atoms. The van der Waals surface area contributed by atoms with E-state index in [1.165, 1.54) is 12.3 Å². The third-order valence-electron chi connectivity index (χ3n) is 3.02. The van der Waals surface area contributed by atoms with E-state index in [1.807, 2.05) is 0 Å². The number of nitrogens with one attached hydrogen (secondary N) is 2. The Morgan fingerprint density at radius 3 is 2.53 bits per heavy atom. The second-order valence-corrected chi connectivity index (χ2v) is 4.38. The molecular formula is C13H9F3N2O. The van der Waals surface area contributed by atoms with Gasteiger partial charge in [0.25, 0.3) is 0 Å². The summed E-state index contributed by atoms with van der Waals surface area (Å²) in [5.41, 5.74) is 1.06. The van der Waals surface area contributed by atoms with Gasteiger partial charge in [0.1, 0.15) is 0 Å². The summed E-state index contributed by atoms with van der Waals surface area (Å²) in [5.74, 6) is 0. The lowest BCUT2D eigenvalue weighted by Gasteiger charge is -2.06. The normalized spacial score (nSPS) is 12.4. The number of benzene rings is 1. The summed E-state index contributed by atoms with van der Waals surface area (Å²) >= 11 is 0. The molecule has 0 fully saturated rings. The van der Waals surface area contributed by atoms with Gasteiger partial charge in [0, 0.05) is 34.1 Å². The summed E-state index contributed by atoms with van der Waals surface area (Å²) in [6, 6.07) is 6.19. The third-order valence-corrected chi connectivity index (χ3v) is 3.02. The molecule has 3 rings (SSSR count). The number of hydrogen-bond acceptors (Lipinski definition) is 1. The topological polar surface area (TPSA) is 48.6 Å². The second kappa shape index (κ2) is 3.88. The number of aromatic amines is 2. The molecule has 3 nitrogen and oxygen atoms in total. The van der Waals surface area contributed by atoms with Crippen molar-refractivity contribution in [2.24, 2.45) is 0 Å². The molecule has 2 aromatic heterocycles. The molecule has 0 aliphatic heterocycles. The maximum atomic E-state index is 12.5. The number of rotatable bonds is 1. The highest BCUT2D eigenvalue weighted by molar-refractivity contribution is 6.06. The van der Waals surface area contributed by atoms with Crippen molar-refractivity contribution in [3.05, 3.63) is 46.4 Å². The Labute approximate surface area is 105 Å². The van der Waals surface area contributed by atoms with Crippen LogP contribution in [0.5, 0.6) is 0 Å². The minimum absolute atomic E-state index is 0.181. The Kier molecular flexibility index (Phi) is 2.41. The fraction of sp³-hybridized carbons (Fsp3) is 0.154. The van der Waals surface area contributed by atoms with Gasteiger partial charge in [-0.05, 0) is 23.8 Å². The van der Waals surface area contributed by atoms with Crippen molar-refractivity contribution in [3.63, 3.8) is 0 Å². The van der Waals surface area contributed by atoms with Crippen molar-refractivity contribution < 1.29 is 13.2 Å². The Hall–Kier alpha value is -2.24. The predicted molar refractivity (Wildman–Crippen MR) is 66.2 cm³/mol. The molecule has 2 N–H and O–H groups in total. The molecule has 1 aromatic carbocycles. The molecule has 3 aromatic rings. The highest BCUT2D eigenvalue weighted by Gasteiger charge is 2.29. The molecule has 0 saturated carbocycles. The zero-order chi connectivity index (χ0) is 13.6. The first kappa shape index (κ1) is 11.8. The van der Waals surface area contributed by atoms with Crippen LogP contribution in [0.2, 0.25) is 0 Å². The smallest absolute Gasteiger partial charge is 0.361 e. The molecule has 0 atom stereocenters. The van der Waals surface area contributed by atoms with Crippen molar-refractivity contribution in [2.75, 3.05) is 0 Å². The average molecular weight is 266 g/mol. The van der Waals surface area contributed by atoms with Crippen LogP contribution < -0.4 is 5.56 Å². The molecule has 6 heteroatoms. The van der Waals surface area contributed by atoms with Crippen LogP contribution in [0.15, 0.2) is 35.3 Å². The molecule has 0 amide bonds. The summed E-state index contributed by atoms with van der Waals surface area (Å²) < 4.78 is 37.6. The summed E-state index contributed by atoms with van der Waals surface area (Å²) in [7, 11) is 0. The van der Waals surface area contributed by atoms with Gasteiger partial charge in [-0.15, -0.1) is 0 Å². The standard InChI is InChI=1S/C13H9F3N2O/c14-13(15,16)5-7-6-17-10-3-2-9-8(12(7)10)1-4-11(19)18-9/h1-4,6,17H,5H2,(H,18,19). The number of halogens is 3. The van der Waals surface area contributed by atoms with Gasteiger partial charge in [-0.25, -0.2) is 0 Å². The van der Waals surface area contributed by atoms with E-state index < -0.39 is 12.6 Å². The van der Waals surface area contributed by atoms with Crippen LogP contribution in [0, 0.1) is 0 Å². The highest BCUT2D eigenvalue weighted by atomic mass is 19.4. The van der Waals surface area contributed by atoms with E-state index in [-0.39, 0.29) is 11.1 Å². The van der Waals surface area contributed by atoms with E-state index in [2.05, 4.69) is 9.97 Å². The van der Waals surface area contributed by atoms with Gasteiger partial charge in [-0.2, -0.15) is 13.2 Å². The van der Waals surface area contributed by atoms with Gasteiger partial charge < -0.3 is 9.97 Å². The first-order valence-electron chi connectivity index (χ1n) is 5.63. The number of H-pyrrole nitrogens is 2. The third kappa shape index (κ3) is 2.09. The molecule has 98 valence electrons. The maximum absolute atomic E-state index is 12.5. The minimum atomic E-state index is -4.26. The van der Waals surface area contributed by atoms with E-state index in [9.17, 15) is 18.0 Å². The fourth-order valence-electron chi connectivity index (χ4n) is 2.29. The molecule has 0 unspecified atom stereocenters. The van der Waals surface area contributed by atoms with Crippen molar-refractivity contribution in [2.45, 2.75) is 12.6 Å². The van der Waals surface area contributed by atoms with Crippen LogP contribution in [0.1, 0.15) is 5.56 Å². The van der Waals surface area contributed by atoms with Gasteiger partial charge in [-0.1, -0.05) is 0 Å². The number of hydrogen-bond donors (Lipinski definition) is 2. The van der Waals surface area contributed by atoms with Crippen LogP contribution >= 0.6 is 0 Å². The highest BCUT2D eigenvalue weighted by Crippen LogP contribution is 2.30. The number of aromatic nitrogens is 2. The van der Waals surface area contributed by atoms with E-state index in [0.29, 0.717) is 21.8 Å². The summed E-state index contributed by atoms with van der Waals surface area (Å²) in [6.07, 6.45) is -3.90. The van der Waals surface area contributed by atoms with Gasteiger partial charge in [0.15, 0.2) is 0 Å². The van der Waals surface area contributed by atoms with Crippen LogP contribution in [0.4, 0.5) is 13.2 Å². The molecular weight excluding hydrogens is 257 g/mol. The molecule has 0 spiro atoms. The zero-order valence-electron chi connectivity index (χ0n) is 9.64. The Balaban J connectivity index is 2.33. The molecule has 0 bridgehead atoms. The van der Waals surface area contributed by atoms with E-state index in [0.717, 1.165) is 0 Å². The monoisotopic (exact) mass is 266 g/mol. The maximum Gasteiger partial charge on any atom is 0.393 e. The van der Waals surface area contributed by atoms with E-state index in [4.69, 9.17) is 0 Å². The van der Waals surface area contributed by atoms with Crippen LogP contribution in [0.25, 0.3) is 21.8 Å². The summed E-state index contributed by atoms with van der Waals surface area (Å²) in [6.45, 7) is 0. The number of pyridine rings is 1. The summed E-state index contributed by atoms with van der Waals surface area (Å²) in [4.78, 5) is 16.7. The molecule has 2 heterocycles. The van der Waals surface area contributed by atoms with Crippen molar-refractivity contribution in [1.29, 1.82) is 0 Å². The Bertz CT molecular complexity index is 814. The van der Waals surface area contributed by atoms with E-state index >= 15 is 0 Å². The quantitative estimate of drug-likeness (QED) is 0.698. The first-order valence-corrected chi connectivity index (χ1v) is 5.63. The second-order valence-electron chi connectivity index (χ2n) is 4.38. The molecule has 0 radical (unpaired) electrons. The van der Waals surface area contributed by atoms with E-state index in [1.54, 1.807) is 18.2 Å². The fourth-order valence-corrected chi connectivity index (χ4v) is 2.29. The lowest BCUT2D eigenvalue weighted by molar-refractivity contribution is -0.126. The van der Waals surface area contributed by atoms with Crippen LogP contribution in [-0.2, 0) is 6.42 Å². The van der Waals surface area contributed by atoms with Crippen LogP contribution in [-0.4, -0.2) is 16.1 Å². The lowest BCUT2D eigenvalue weighted by Crippen LogP contribution is -2.11. The van der Waals surface area contributed by atoms with Crippen LogP contribution in [0.3, 0.4) is 0 Å². The van der Waals surface area contributed by atoms with Gasteiger partial charge >= 0.3 is 6.18 Å². The Morgan fingerprint density at radius 2 is 1.79 bits per heavy atom. The van der Waals surface area contributed by atoms with Gasteiger partial charge in [0.05, 0.1) is 6.42 Å². The molecule has 0 aliphatic carbocycles. The summed E-state index contributed by atoms with van der Waals surface area (Å²) in [5, 5.41) is 1.11. The average Bonchev–Trinajstić information content (AvgIpc) is 2.70. The largest absolute Gasteiger partial charge is 0.393 e. The molecule has 0 aliphatic rings. The zero-order valence-corrected chi connectivity index (χ0v) is 9.64. The Morgan fingerprint density at radius 1 is 1.05 bits per heavy atom. The molecule has 0 saturated heterocycles. The van der Waals surface area contributed by atoms with Crippen molar-refractivity contribution in [3.8, 4) is 0 Å². The minimum Gasteiger partial charge on any atom is -0.361 e. The van der Waals surface area contributed by atoms with Crippen molar-refractivity contribution >= 4 is 21.8 Å². The SMILES string of the molecule is O=c1ccc2c(ccc3[nH]cc(CC(F)(F)F)c32)[nH]1. The van der Waals surface area contributed by atoms with Gasteiger partial charge in [-0.3, -0.25) is 4.79 Å². The number of fused-ring (bicyclic) bond motifs is 3. The predicted octanol–water partition coefficient (Wildman–Crippen LogP) is 3.11. The van der Waals surface area contributed by atoms with Gasteiger partial charge in [0.2, 0.25) is 5.56 Å². The lowest BCUT2D eigenvalue weighted by atomic mass is 10.1. The first-order chi connectivity index (χ1) is 8.94. The van der Waals surface area contributed by atoms with Crippen molar-refractivity contribution in [1.82, 2.24) is 9.97 Å².